The Hall–Kier alpha value is -2.75. The second-order valence-corrected chi connectivity index (χ2v) is 7.38. The van der Waals surface area contributed by atoms with Crippen LogP contribution in [0.25, 0.3) is 11.0 Å². The number of benzene rings is 2. The van der Waals surface area contributed by atoms with Crippen LogP contribution >= 0.6 is 0 Å². The molecule has 2 heterocycles. The van der Waals surface area contributed by atoms with Gasteiger partial charge in [-0.05, 0) is 42.7 Å². The Morgan fingerprint density at radius 1 is 0.963 bits per heavy atom. The molecule has 1 aliphatic carbocycles. The van der Waals surface area contributed by atoms with Crippen molar-refractivity contribution >= 4 is 16.7 Å². The minimum Gasteiger partial charge on any atom is -0.493 e. The first-order valence-corrected chi connectivity index (χ1v) is 9.61. The lowest BCUT2D eigenvalue weighted by Gasteiger charge is -2.35. The molecule has 3 aromatic rings. The molecule has 1 aliphatic heterocycles. The highest BCUT2D eigenvalue weighted by Crippen LogP contribution is 2.45. The third kappa shape index (κ3) is 2.62. The van der Waals surface area contributed by atoms with E-state index in [1.54, 1.807) is 14.2 Å². The van der Waals surface area contributed by atoms with E-state index in [1.807, 2.05) is 18.2 Å². The maximum absolute atomic E-state index is 6.17. The molecule has 0 N–H and O–H groups in total. The Bertz CT molecular complexity index is 1000. The zero-order valence-corrected chi connectivity index (χ0v) is 15.7. The van der Waals surface area contributed by atoms with Crippen molar-refractivity contribution in [3.63, 3.8) is 0 Å². The van der Waals surface area contributed by atoms with E-state index >= 15 is 0 Å². The number of para-hydroxylation sites is 1. The zero-order chi connectivity index (χ0) is 18.4. The second-order valence-electron chi connectivity index (χ2n) is 7.38. The van der Waals surface area contributed by atoms with Crippen molar-refractivity contribution in [1.29, 1.82) is 0 Å². The lowest BCUT2D eigenvalue weighted by Crippen LogP contribution is -2.29. The molecule has 27 heavy (non-hydrogen) atoms. The summed E-state index contributed by atoms with van der Waals surface area (Å²) in [7, 11) is 3.37. The molecular formula is C23H23NO3. The average Bonchev–Trinajstić information content (AvgIpc) is 3.16. The smallest absolute Gasteiger partial charge is 0.161 e. The Kier molecular flexibility index (Phi) is 3.92. The Morgan fingerprint density at radius 3 is 2.56 bits per heavy atom. The lowest BCUT2D eigenvalue weighted by atomic mass is 9.75. The van der Waals surface area contributed by atoms with Crippen molar-refractivity contribution < 1.29 is 13.9 Å². The fourth-order valence-corrected chi connectivity index (χ4v) is 4.57. The highest BCUT2D eigenvalue weighted by molar-refractivity contribution is 6.14. The molecule has 138 valence electrons. The first-order valence-electron chi connectivity index (χ1n) is 9.61. The highest BCUT2D eigenvalue weighted by Gasteiger charge is 2.35. The summed E-state index contributed by atoms with van der Waals surface area (Å²) < 4.78 is 17.3. The van der Waals surface area contributed by atoms with Gasteiger partial charge in [0.1, 0.15) is 11.3 Å². The molecule has 4 heteroatoms. The van der Waals surface area contributed by atoms with Crippen LogP contribution in [0.1, 0.15) is 48.5 Å². The van der Waals surface area contributed by atoms with Crippen molar-refractivity contribution in [2.75, 3.05) is 14.2 Å². The summed E-state index contributed by atoms with van der Waals surface area (Å²) in [5.41, 5.74) is 4.24. The van der Waals surface area contributed by atoms with Crippen LogP contribution in [-0.2, 0) is 0 Å². The molecule has 0 bridgehead atoms. The number of hydrogen-bond donors (Lipinski definition) is 0. The maximum Gasteiger partial charge on any atom is 0.161 e. The fourth-order valence-electron chi connectivity index (χ4n) is 4.57. The Balaban J connectivity index is 1.72. The molecule has 1 saturated carbocycles. The topological polar surface area (TPSA) is 44.0 Å². The van der Waals surface area contributed by atoms with Crippen molar-refractivity contribution in [2.24, 2.45) is 4.99 Å². The largest absolute Gasteiger partial charge is 0.493 e. The SMILES string of the molecule is COc1cc2c(cc1OC)[C@@H]1CCCC[C@@H]1N=C2c1cc2ccccc2o1. The standard InChI is InChI=1S/C23H23NO3/c1-25-20-12-16-15-8-4-5-9-18(15)24-23(17(16)13-21(20)26-2)22-11-14-7-3-6-10-19(14)27-22/h3,6-7,10-13,15,18H,4-5,8-9H2,1-2H3/t15-,18-/m0/s1. The van der Waals surface area contributed by atoms with Gasteiger partial charge in [0.15, 0.2) is 17.3 Å². The number of ether oxygens (including phenoxy) is 2. The van der Waals surface area contributed by atoms with Gasteiger partial charge in [0.25, 0.3) is 0 Å². The van der Waals surface area contributed by atoms with Gasteiger partial charge in [-0.3, -0.25) is 4.99 Å². The molecule has 2 aromatic carbocycles. The highest BCUT2D eigenvalue weighted by atomic mass is 16.5. The monoisotopic (exact) mass is 361 g/mol. The van der Waals surface area contributed by atoms with Crippen LogP contribution in [0.15, 0.2) is 51.9 Å². The number of rotatable bonds is 3. The normalized spacial score (nSPS) is 21.3. The molecule has 4 nitrogen and oxygen atoms in total. The average molecular weight is 361 g/mol. The summed E-state index contributed by atoms with van der Waals surface area (Å²) in [4.78, 5) is 5.17. The molecule has 5 rings (SSSR count). The summed E-state index contributed by atoms with van der Waals surface area (Å²) in [6.45, 7) is 0. The number of aliphatic imine (C=N–C) groups is 1. The number of methoxy groups -OCH3 is 2. The predicted octanol–water partition coefficient (Wildman–Crippen LogP) is 5.33. The molecule has 2 atom stereocenters. The van der Waals surface area contributed by atoms with Crippen molar-refractivity contribution in [1.82, 2.24) is 0 Å². The summed E-state index contributed by atoms with van der Waals surface area (Å²) in [5, 5.41) is 1.10. The van der Waals surface area contributed by atoms with Gasteiger partial charge < -0.3 is 13.9 Å². The van der Waals surface area contributed by atoms with E-state index in [1.165, 1.54) is 24.8 Å². The van der Waals surface area contributed by atoms with Gasteiger partial charge in [0.05, 0.1) is 20.3 Å². The molecule has 2 aliphatic rings. The molecule has 0 radical (unpaired) electrons. The van der Waals surface area contributed by atoms with E-state index in [0.717, 1.165) is 45.9 Å². The Labute approximate surface area is 158 Å². The van der Waals surface area contributed by atoms with Gasteiger partial charge in [-0.25, -0.2) is 0 Å². The summed E-state index contributed by atoms with van der Waals surface area (Å²) in [5.74, 6) is 2.79. The molecule has 0 amide bonds. The van der Waals surface area contributed by atoms with Crippen LogP contribution in [0.5, 0.6) is 11.5 Å². The van der Waals surface area contributed by atoms with Crippen LogP contribution in [0, 0.1) is 0 Å². The fraction of sp³-hybridized carbons (Fsp3) is 0.348. The van der Waals surface area contributed by atoms with E-state index < -0.39 is 0 Å². The van der Waals surface area contributed by atoms with E-state index in [-0.39, 0.29) is 0 Å². The van der Waals surface area contributed by atoms with Crippen LogP contribution in [0.2, 0.25) is 0 Å². The zero-order valence-electron chi connectivity index (χ0n) is 15.7. The van der Waals surface area contributed by atoms with E-state index in [2.05, 4.69) is 24.3 Å². The number of fused-ring (bicyclic) bond motifs is 4. The van der Waals surface area contributed by atoms with E-state index in [4.69, 9.17) is 18.9 Å². The second kappa shape index (κ2) is 6.45. The summed E-state index contributed by atoms with van der Waals surface area (Å²) >= 11 is 0. The van der Waals surface area contributed by atoms with Crippen molar-refractivity contribution in [2.45, 2.75) is 37.6 Å². The third-order valence-electron chi connectivity index (χ3n) is 5.89. The van der Waals surface area contributed by atoms with Crippen LogP contribution in [-0.4, -0.2) is 26.0 Å². The molecular weight excluding hydrogens is 338 g/mol. The minimum atomic E-state index is 0.313. The Morgan fingerprint density at radius 2 is 1.74 bits per heavy atom. The summed E-state index contributed by atoms with van der Waals surface area (Å²) in [6.07, 6.45) is 4.79. The minimum absolute atomic E-state index is 0.313. The van der Waals surface area contributed by atoms with Gasteiger partial charge in [0, 0.05) is 16.9 Å². The van der Waals surface area contributed by atoms with Crippen LogP contribution in [0.3, 0.4) is 0 Å². The molecule has 0 spiro atoms. The quantitative estimate of drug-likeness (QED) is 0.633. The van der Waals surface area contributed by atoms with Crippen LogP contribution < -0.4 is 9.47 Å². The predicted molar refractivity (Wildman–Crippen MR) is 106 cm³/mol. The van der Waals surface area contributed by atoms with Crippen molar-refractivity contribution in [3.05, 3.63) is 59.4 Å². The van der Waals surface area contributed by atoms with E-state index in [0.29, 0.717) is 12.0 Å². The van der Waals surface area contributed by atoms with Crippen molar-refractivity contribution in [3.8, 4) is 11.5 Å². The number of hydrogen-bond acceptors (Lipinski definition) is 4. The maximum atomic E-state index is 6.17. The van der Waals surface area contributed by atoms with Gasteiger partial charge >= 0.3 is 0 Å². The third-order valence-corrected chi connectivity index (χ3v) is 5.89. The van der Waals surface area contributed by atoms with Gasteiger partial charge in [-0.2, -0.15) is 0 Å². The molecule has 0 saturated heterocycles. The first-order chi connectivity index (χ1) is 13.3. The molecule has 0 unspecified atom stereocenters. The van der Waals surface area contributed by atoms with Gasteiger partial charge in [0.2, 0.25) is 0 Å². The van der Waals surface area contributed by atoms with E-state index in [9.17, 15) is 0 Å². The van der Waals surface area contributed by atoms with Gasteiger partial charge in [-0.15, -0.1) is 0 Å². The van der Waals surface area contributed by atoms with Gasteiger partial charge in [-0.1, -0.05) is 31.0 Å². The lowest BCUT2D eigenvalue weighted by molar-refractivity contribution is 0.349. The summed E-state index contributed by atoms with van der Waals surface area (Å²) in [6, 6.07) is 14.7. The number of furan rings is 1. The molecule has 1 aromatic heterocycles. The molecule has 1 fully saturated rings. The number of nitrogens with zero attached hydrogens (tertiary/aromatic N) is 1. The van der Waals surface area contributed by atoms with Crippen LogP contribution in [0.4, 0.5) is 0 Å². The first kappa shape index (κ1) is 16.4.